The van der Waals surface area contributed by atoms with Gasteiger partial charge < -0.3 is 4.74 Å². The summed E-state index contributed by atoms with van der Waals surface area (Å²) in [6, 6.07) is 2.11. The molecular weight excluding hydrogens is 218 g/mol. The molecule has 0 aromatic carbocycles. The monoisotopic (exact) mass is 239 g/mol. The Morgan fingerprint density at radius 1 is 1.44 bits per heavy atom. The topological polar surface area (TPSA) is 33.0 Å². The van der Waals surface area contributed by atoms with E-state index in [4.69, 9.17) is 10.00 Å². The number of hydrogen-bond donors (Lipinski definition) is 1. The second kappa shape index (κ2) is 3.40. The largest absolute Gasteiger partial charge is 0.348 e. The van der Waals surface area contributed by atoms with Gasteiger partial charge in [0.1, 0.15) is 6.07 Å². The van der Waals surface area contributed by atoms with Crippen LogP contribution >= 0.6 is 12.6 Å². The van der Waals surface area contributed by atoms with Crippen LogP contribution in [0.5, 0.6) is 0 Å². The van der Waals surface area contributed by atoms with Crippen LogP contribution in [0.25, 0.3) is 0 Å². The molecule has 0 saturated heterocycles. The van der Waals surface area contributed by atoms with Crippen molar-refractivity contribution in [3.63, 3.8) is 0 Å². The Morgan fingerprint density at radius 2 is 2.06 bits per heavy atom. The summed E-state index contributed by atoms with van der Waals surface area (Å²) in [5.41, 5.74) is 0.537. The first-order valence-electron chi connectivity index (χ1n) is 6.04. The van der Waals surface area contributed by atoms with E-state index < -0.39 is 4.93 Å². The number of nitrogens with zero attached hydrogens (tertiary/aromatic N) is 1. The third-order valence-corrected chi connectivity index (χ3v) is 5.50. The van der Waals surface area contributed by atoms with Crippen molar-refractivity contribution in [3.8, 4) is 6.07 Å². The van der Waals surface area contributed by atoms with Crippen molar-refractivity contribution in [2.24, 2.45) is 16.7 Å². The lowest BCUT2D eigenvalue weighted by molar-refractivity contribution is -0.0747. The molecule has 4 atom stereocenters. The predicted molar refractivity (Wildman–Crippen MR) is 67.1 cm³/mol. The zero-order valence-corrected chi connectivity index (χ0v) is 11.5. The maximum Gasteiger partial charge on any atom is 0.195 e. The van der Waals surface area contributed by atoms with Crippen LogP contribution in [-0.2, 0) is 4.74 Å². The molecule has 0 aromatic heterocycles. The molecule has 0 N–H and O–H groups in total. The van der Waals surface area contributed by atoms with E-state index in [2.05, 4.69) is 39.5 Å². The maximum atomic E-state index is 8.99. The van der Waals surface area contributed by atoms with Crippen LogP contribution < -0.4 is 0 Å². The summed E-state index contributed by atoms with van der Waals surface area (Å²) in [7, 11) is 0. The summed E-state index contributed by atoms with van der Waals surface area (Å²) in [5, 5.41) is 8.99. The molecule has 2 bridgehead atoms. The Hall–Kier alpha value is -0.200. The van der Waals surface area contributed by atoms with E-state index in [0.29, 0.717) is 5.41 Å². The normalized spacial score (nSPS) is 44.0. The van der Waals surface area contributed by atoms with Crippen LogP contribution in [0.1, 0.15) is 47.0 Å². The highest BCUT2D eigenvalue weighted by Crippen LogP contribution is 2.66. The second-order valence-corrected chi connectivity index (χ2v) is 7.17. The Morgan fingerprint density at radius 3 is 2.44 bits per heavy atom. The zero-order valence-electron chi connectivity index (χ0n) is 10.6. The summed E-state index contributed by atoms with van der Waals surface area (Å²) in [5.74, 6) is 0.741. The van der Waals surface area contributed by atoms with Crippen LogP contribution in [-0.4, -0.2) is 11.0 Å². The van der Waals surface area contributed by atoms with Crippen LogP contribution in [0.15, 0.2) is 0 Å². The minimum absolute atomic E-state index is 0.184. The van der Waals surface area contributed by atoms with Crippen molar-refractivity contribution in [3.05, 3.63) is 0 Å². The molecule has 90 valence electrons. The van der Waals surface area contributed by atoms with Crippen LogP contribution in [0.4, 0.5) is 0 Å². The molecule has 0 aliphatic heterocycles. The molecule has 2 nitrogen and oxygen atoms in total. The molecule has 3 heteroatoms. The van der Waals surface area contributed by atoms with Gasteiger partial charge >= 0.3 is 0 Å². The number of fused-ring (bicyclic) bond motifs is 2. The van der Waals surface area contributed by atoms with Crippen molar-refractivity contribution in [1.82, 2.24) is 0 Å². The van der Waals surface area contributed by atoms with Gasteiger partial charge in [0, 0.05) is 0 Å². The predicted octanol–water partition coefficient (Wildman–Crippen LogP) is 3.39. The first-order valence-corrected chi connectivity index (χ1v) is 6.49. The van der Waals surface area contributed by atoms with Gasteiger partial charge in [0.05, 0.1) is 6.10 Å². The first kappa shape index (κ1) is 12.3. The number of hydrogen-bond acceptors (Lipinski definition) is 3. The average Bonchev–Trinajstić information content (AvgIpc) is 2.50. The lowest BCUT2D eigenvalue weighted by Gasteiger charge is -2.40. The summed E-state index contributed by atoms with van der Waals surface area (Å²) in [6.07, 6.45) is 3.79. The fourth-order valence-corrected chi connectivity index (χ4v) is 3.74. The molecule has 0 spiro atoms. The Balaban J connectivity index is 2.20. The fourth-order valence-electron chi connectivity index (χ4n) is 3.61. The lowest BCUT2D eigenvalue weighted by atomic mass is 9.70. The van der Waals surface area contributed by atoms with Gasteiger partial charge in [-0.3, -0.25) is 0 Å². The van der Waals surface area contributed by atoms with E-state index in [1.165, 1.54) is 12.8 Å². The minimum atomic E-state index is -0.950. The molecule has 0 aromatic rings. The molecular formula is C13H21NOS. The number of rotatable bonds is 2. The van der Waals surface area contributed by atoms with E-state index in [1.807, 2.05) is 0 Å². The number of ether oxygens (including phenoxy) is 1. The average molecular weight is 239 g/mol. The molecule has 2 rings (SSSR count). The minimum Gasteiger partial charge on any atom is -0.348 e. The lowest BCUT2D eigenvalue weighted by Crippen LogP contribution is -2.40. The molecule has 4 unspecified atom stereocenters. The van der Waals surface area contributed by atoms with Gasteiger partial charge in [-0.05, 0) is 42.9 Å². The number of nitriles is 1. The van der Waals surface area contributed by atoms with Crippen molar-refractivity contribution >= 4 is 12.6 Å². The second-order valence-electron chi connectivity index (χ2n) is 6.31. The summed E-state index contributed by atoms with van der Waals surface area (Å²) >= 11 is 4.27. The van der Waals surface area contributed by atoms with Gasteiger partial charge in [0.25, 0.3) is 0 Å². The van der Waals surface area contributed by atoms with Crippen molar-refractivity contribution in [2.75, 3.05) is 0 Å². The highest BCUT2D eigenvalue weighted by molar-refractivity contribution is 7.81. The van der Waals surface area contributed by atoms with Gasteiger partial charge in [-0.25, -0.2) is 0 Å². The highest BCUT2D eigenvalue weighted by Gasteiger charge is 2.62. The molecule has 2 aliphatic rings. The van der Waals surface area contributed by atoms with Gasteiger partial charge in [-0.2, -0.15) is 5.26 Å². The van der Waals surface area contributed by atoms with E-state index in [9.17, 15) is 0 Å². The van der Waals surface area contributed by atoms with E-state index in [0.717, 1.165) is 12.3 Å². The summed E-state index contributed by atoms with van der Waals surface area (Å²) in [6.45, 7) is 8.73. The van der Waals surface area contributed by atoms with Crippen molar-refractivity contribution in [2.45, 2.75) is 58.0 Å². The standard InChI is InChI=1S/C13H21NOS/c1-11(2)9-5-6-12(11,3)10(7-9)15-13(4,16)8-14/h9-10,16H,5-7H2,1-4H3. The maximum absolute atomic E-state index is 8.99. The van der Waals surface area contributed by atoms with Gasteiger partial charge in [0.15, 0.2) is 4.93 Å². The third-order valence-electron chi connectivity index (χ3n) is 5.29. The van der Waals surface area contributed by atoms with Gasteiger partial charge in [-0.15, -0.1) is 12.6 Å². The zero-order chi connectivity index (χ0) is 12.2. The van der Waals surface area contributed by atoms with E-state index in [-0.39, 0.29) is 11.5 Å². The highest BCUT2D eigenvalue weighted by atomic mass is 32.1. The molecule has 0 radical (unpaired) electrons. The van der Waals surface area contributed by atoms with E-state index in [1.54, 1.807) is 6.92 Å². The third kappa shape index (κ3) is 1.50. The Kier molecular flexibility index (Phi) is 2.60. The van der Waals surface area contributed by atoms with E-state index >= 15 is 0 Å². The smallest absolute Gasteiger partial charge is 0.195 e. The quantitative estimate of drug-likeness (QED) is 0.592. The number of thiol groups is 1. The van der Waals surface area contributed by atoms with Gasteiger partial charge in [0.2, 0.25) is 0 Å². The van der Waals surface area contributed by atoms with Crippen molar-refractivity contribution in [1.29, 1.82) is 5.26 Å². The van der Waals surface area contributed by atoms with Gasteiger partial charge in [-0.1, -0.05) is 20.8 Å². The molecule has 2 fully saturated rings. The molecule has 2 saturated carbocycles. The summed E-state index contributed by atoms with van der Waals surface area (Å²) < 4.78 is 5.92. The Labute approximate surface area is 104 Å². The SMILES string of the molecule is CC(S)(C#N)OC1CC2CCC1(C)C2(C)C. The summed E-state index contributed by atoms with van der Waals surface area (Å²) in [4.78, 5) is -0.950. The first-order chi connectivity index (χ1) is 7.23. The molecule has 0 amide bonds. The molecule has 0 heterocycles. The fraction of sp³-hybridized carbons (Fsp3) is 0.923. The molecule has 16 heavy (non-hydrogen) atoms. The Bertz CT molecular complexity index is 344. The van der Waals surface area contributed by atoms with Crippen LogP contribution in [0.3, 0.4) is 0 Å². The van der Waals surface area contributed by atoms with Crippen molar-refractivity contribution < 1.29 is 4.74 Å². The van der Waals surface area contributed by atoms with Crippen LogP contribution in [0.2, 0.25) is 0 Å². The molecule has 2 aliphatic carbocycles. The van der Waals surface area contributed by atoms with Crippen LogP contribution in [0, 0.1) is 28.1 Å².